The van der Waals surface area contributed by atoms with E-state index in [9.17, 15) is 8.78 Å². The van der Waals surface area contributed by atoms with Crippen molar-refractivity contribution >= 4 is 52.7 Å². The average Bonchev–Trinajstić information content (AvgIpc) is 4.26. The van der Waals surface area contributed by atoms with E-state index >= 15 is 57.1 Å². The largest absolute Gasteiger partial charge is 0.632 e. The second kappa shape index (κ2) is 17.2. The smallest absolute Gasteiger partial charge is 0.410 e. The third-order valence-electron chi connectivity index (χ3n) is 12.8. The highest BCUT2D eigenvalue weighted by Gasteiger charge is 2.47. The lowest BCUT2D eigenvalue weighted by molar-refractivity contribution is 0.376. The summed E-state index contributed by atoms with van der Waals surface area (Å²) in [7, 11) is 0. The number of fused-ring (bicyclic) bond motifs is 2. The highest BCUT2D eigenvalue weighted by Crippen LogP contribution is 2.42. The Labute approximate surface area is 410 Å². The van der Waals surface area contributed by atoms with Crippen LogP contribution in [0, 0.1) is 112 Å². The van der Waals surface area contributed by atoms with Crippen LogP contribution < -0.4 is 15.1 Å². The van der Waals surface area contributed by atoms with Crippen molar-refractivity contribution in [3.8, 4) is 24.7 Å². The molecule has 0 amide bonds. The molecule has 4 nitrogen and oxygen atoms in total. The Morgan fingerprint density at radius 3 is 1.15 bits per heavy atom. The second-order valence-corrected chi connectivity index (χ2v) is 18.9. The molecule has 0 saturated carbocycles. The van der Waals surface area contributed by atoms with Gasteiger partial charge in [-0.3, -0.25) is 0 Å². The molecular formula is C54H18AlF15N4. The van der Waals surface area contributed by atoms with Crippen molar-refractivity contribution in [1.29, 1.82) is 0 Å². The summed E-state index contributed by atoms with van der Waals surface area (Å²) in [5, 5.41) is -1.18. The summed E-state index contributed by atoms with van der Waals surface area (Å²) in [6.45, 7) is 0. The lowest BCUT2D eigenvalue weighted by Crippen LogP contribution is -2.58. The van der Waals surface area contributed by atoms with Crippen molar-refractivity contribution in [3.63, 3.8) is 0 Å². The zero-order valence-corrected chi connectivity index (χ0v) is 37.6. The van der Waals surface area contributed by atoms with Crippen LogP contribution in [-0.2, 0) is 0 Å². The van der Waals surface area contributed by atoms with E-state index in [1.807, 2.05) is 0 Å². The van der Waals surface area contributed by atoms with Crippen LogP contribution in [0.4, 0.5) is 65.9 Å². The first-order valence-corrected chi connectivity index (χ1v) is 22.9. The van der Waals surface area contributed by atoms with E-state index in [2.05, 4.69) is 21.8 Å². The molecule has 11 rings (SSSR count). The molecule has 362 valence electrons. The summed E-state index contributed by atoms with van der Waals surface area (Å²) in [6, 6.07) is 15.0. The van der Waals surface area contributed by atoms with Gasteiger partial charge in [0, 0.05) is 59.9 Å². The zero-order valence-electron chi connectivity index (χ0n) is 36.4. The van der Waals surface area contributed by atoms with E-state index in [0.717, 1.165) is 43.5 Å². The van der Waals surface area contributed by atoms with Gasteiger partial charge in [-0.2, -0.15) is 0 Å². The maximum Gasteiger partial charge on any atom is 0.632 e. The van der Waals surface area contributed by atoms with Crippen molar-refractivity contribution in [1.82, 2.24) is 7.10 Å². The molecule has 6 heterocycles. The topological polar surface area (TPSA) is 34.6 Å². The third-order valence-corrected chi connectivity index (χ3v) is 15.9. The molecule has 4 aliphatic heterocycles. The molecule has 0 spiro atoms. The monoisotopic (exact) mass is 1030 g/mol. The average molecular weight is 1030 g/mol. The van der Waals surface area contributed by atoms with Gasteiger partial charge >= 0.3 is 14.6 Å². The molecule has 0 fully saturated rings. The zero-order chi connectivity index (χ0) is 52.5. The molecule has 0 radical (unpaired) electrons. The molecule has 7 aromatic rings. The Kier molecular flexibility index (Phi) is 11.1. The normalized spacial score (nSPS) is 14.5. The molecule has 20 heteroatoms. The van der Waals surface area contributed by atoms with Gasteiger partial charge in [-0.25, -0.2) is 75.8 Å². The molecule has 6 bridgehead atoms. The number of terminal acetylenes is 2. The van der Waals surface area contributed by atoms with Gasteiger partial charge in [-0.1, -0.05) is 36.1 Å². The summed E-state index contributed by atoms with van der Waals surface area (Å²) in [5.41, 5.74) is -8.39. The number of rotatable bonds is 5. The number of aliphatic imine (C=N–C) groups is 2. The van der Waals surface area contributed by atoms with Crippen LogP contribution in [0.2, 0.25) is 0 Å². The summed E-state index contributed by atoms with van der Waals surface area (Å²) < 4.78 is 241. The minimum Gasteiger partial charge on any atom is -0.410 e. The molecule has 5 aromatic carbocycles. The van der Waals surface area contributed by atoms with Crippen LogP contribution in [0.1, 0.15) is 44.8 Å². The number of allylic oxidation sites excluding steroid dienone is 4. The molecule has 0 saturated heterocycles. The Bertz CT molecular complexity index is 4110. The molecule has 4 aliphatic rings. The number of halogens is 15. The van der Waals surface area contributed by atoms with Gasteiger partial charge in [0.15, 0.2) is 75.6 Å². The summed E-state index contributed by atoms with van der Waals surface area (Å²) in [6.07, 6.45) is 15.7. The predicted octanol–water partition coefficient (Wildman–Crippen LogP) is 10.1. The van der Waals surface area contributed by atoms with Gasteiger partial charge < -0.3 is 7.10 Å². The van der Waals surface area contributed by atoms with Crippen molar-refractivity contribution in [2.24, 2.45) is 9.98 Å². The SMILES string of the molecule is C#Cc1ccc(C2=C3C=CC(=N3)C(c3c(F)c(F)c(F)c(F)c3F)=c3ccc4[n]3[Al]([c]3c(F)c(F)c(F)c(F)c3F)[n]3c2ccc3C(c2c(F)c(F)c(F)c(F)c2F)=C2C=CC(=N2)C=4c2ccc(C#C)cc2)cc1. The Morgan fingerprint density at radius 2 is 0.703 bits per heavy atom. The standard InChI is InChI=1S/C48H18F10N4.C6F5.Al/c1-3-21-5-9-23(10-6-21)33-25-13-17-29(59-25)35(37-39(49)43(53)47(57)44(54)40(37)50)31-19-15-27(61-31)34(24-11-7-22(4-2)8-12-24)28-16-20-32(62-28)36(30-18-14-26(33)60-30)38-41(51)45(55)48(58)46(56)42(38)52;7-2-1-3(8)5(10)6(11)4(2)9;/h1-2,5-20H;;/q-2;;+2. The number of nitrogens with zero attached hydrogens (tertiary/aromatic N) is 4. The fraction of sp³-hybridized carbons (Fsp3) is 0. The Hall–Kier alpha value is -8.70. The van der Waals surface area contributed by atoms with Crippen LogP contribution in [-0.4, -0.2) is 33.1 Å². The lowest BCUT2D eigenvalue weighted by Gasteiger charge is -2.28. The fourth-order valence-electron chi connectivity index (χ4n) is 9.49. The highest BCUT2D eigenvalue weighted by atomic mass is 27.2. The quantitative estimate of drug-likeness (QED) is 0.0542. The molecule has 0 unspecified atom stereocenters. The summed E-state index contributed by atoms with van der Waals surface area (Å²) in [4.78, 5) is 9.19. The highest BCUT2D eigenvalue weighted by molar-refractivity contribution is 6.71. The van der Waals surface area contributed by atoms with Gasteiger partial charge in [0.25, 0.3) is 0 Å². The van der Waals surface area contributed by atoms with Gasteiger partial charge in [0.2, 0.25) is 11.6 Å². The van der Waals surface area contributed by atoms with Crippen molar-refractivity contribution in [3.05, 3.63) is 251 Å². The molecule has 74 heavy (non-hydrogen) atoms. The van der Waals surface area contributed by atoms with Crippen LogP contribution in [0.3, 0.4) is 0 Å². The predicted molar refractivity (Wildman–Crippen MR) is 242 cm³/mol. The number of hydrogen-bond acceptors (Lipinski definition) is 2. The molecular weight excluding hydrogens is 1020 g/mol. The van der Waals surface area contributed by atoms with Crippen LogP contribution >= 0.6 is 0 Å². The van der Waals surface area contributed by atoms with Gasteiger partial charge in [0.1, 0.15) is 0 Å². The number of benzene rings is 5. The first-order chi connectivity index (χ1) is 35.4. The van der Waals surface area contributed by atoms with E-state index in [1.165, 1.54) is 60.7 Å². The van der Waals surface area contributed by atoms with E-state index in [-0.39, 0.29) is 44.8 Å². The van der Waals surface area contributed by atoms with Gasteiger partial charge in [-0.05, 0) is 84.0 Å². The van der Waals surface area contributed by atoms with Gasteiger partial charge in [0.05, 0.1) is 33.9 Å². The van der Waals surface area contributed by atoms with Crippen molar-refractivity contribution in [2.75, 3.05) is 0 Å². The Balaban J connectivity index is 1.50. The molecule has 0 aliphatic carbocycles. The van der Waals surface area contributed by atoms with Crippen molar-refractivity contribution < 1.29 is 65.9 Å². The second-order valence-electron chi connectivity index (χ2n) is 16.6. The molecule has 0 atom stereocenters. The first-order valence-electron chi connectivity index (χ1n) is 21.3. The number of aromatic nitrogens is 2. The summed E-state index contributed by atoms with van der Waals surface area (Å²) >= 11 is -5.34. The Morgan fingerprint density at radius 1 is 0.351 bits per heavy atom. The van der Waals surface area contributed by atoms with E-state index in [0.29, 0.717) is 0 Å². The van der Waals surface area contributed by atoms with Crippen LogP contribution in [0.15, 0.2) is 118 Å². The first kappa shape index (κ1) is 47.6. The minimum absolute atomic E-state index is 0.0236. The summed E-state index contributed by atoms with van der Waals surface area (Å²) in [5.74, 6) is -33.2. The molecule has 0 N–H and O–H groups in total. The van der Waals surface area contributed by atoms with E-state index in [4.69, 9.17) is 12.8 Å². The third kappa shape index (κ3) is 6.71. The minimum atomic E-state index is -5.34. The van der Waals surface area contributed by atoms with Gasteiger partial charge in [-0.15, -0.1) is 12.8 Å². The van der Waals surface area contributed by atoms with Crippen LogP contribution in [0.5, 0.6) is 0 Å². The van der Waals surface area contributed by atoms with Crippen LogP contribution in [0.25, 0.3) is 22.3 Å². The van der Waals surface area contributed by atoms with E-state index < -0.39 is 162 Å². The maximum atomic E-state index is 17.3. The van der Waals surface area contributed by atoms with Crippen molar-refractivity contribution in [2.45, 2.75) is 0 Å². The maximum absolute atomic E-state index is 17.3. The molecule has 2 aromatic heterocycles. The number of hydrogen-bond donors (Lipinski definition) is 0. The van der Waals surface area contributed by atoms with E-state index in [1.54, 1.807) is 0 Å². The lowest BCUT2D eigenvalue weighted by atomic mass is 9.98. The fourth-order valence-corrected chi connectivity index (χ4v) is 12.9.